The van der Waals surface area contributed by atoms with Gasteiger partial charge in [-0.3, -0.25) is 0 Å². The van der Waals surface area contributed by atoms with Gasteiger partial charge in [-0.2, -0.15) is 0 Å². The molecule has 1 aromatic rings. The standard InChI is InChI=1S/C15H16O4/c1-14(2)6-5-9-7-10-12(8-11(9)17-14)18-15(3,4)19-13(10)16/h5-8H,1-4H3. The van der Waals surface area contributed by atoms with Crippen molar-refractivity contribution in [3.05, 3.63) is 29.3 Å². The first kappa shape index (κ1) is 12.1. The van der Waals surface area contributed by atoms with Crippen molar-refractivity contribution in [3.8, 4) is 11.5 Å². The number of hydrogen-bond acceptors (Lipinski definition) is 4. The molecule has 0 bridgehead atoms. The van der Waals surface area contributed by atoms with Crippen LogP contribution >= 0.6 is 0 Å². The lowest BCUT2D eigenvalue weighted by atomic mass is 10.00. The average molecular weight is 260 g/mol. The van der Waals surface area contributed by atoms with Crippen molar-refractivity contribution in [2.45, 2.75) is 39.1 Å². The molecule has 0 spiro atoms. The molecular formula is C15H16O4. The number of benzene rings is 1. The topological polar surface area (TPSA) is 44.8 Å². The van der Waals surface area contributed by atoms with Gasteiger partial charge in [-0.1, -0.05) is 6.08 Å². The van der Waals surface area contributed by atoms with Crippen molar-refractivity contribution in [1.29, 1.82) is 0 Å². The maximum atomic E-state index is 11.9. The van der Waals surface area contributed by atoms with Crippen LogP contribution in [0.15, 0.2) is 18.2 Å². The molecule has 0 radical (unpaired) electrons. The molecule has 1 aromatic carbocycles. The largest absolute Gasteiger partial charge is 0.483 e. The summed E-state index contributed by atoms with van der Waals surface area (Å²) in [5.74, 6) is -0.0895. The SMILES string of the molecule is CC1(C)C=Cc2cc3c(cc2O1)OC(C)(C)OC3=O. The predicted octanol–water partition coefficient (Wildman–Crippen LogP) is 3.16. The van der Waals surface area contributed by atoms with Crippen molar-refractivity contribution >= 4 is 12.0 Å². The molecule has 2 heterocycles. The number of rotatable bonds is 0. The number of ether oxygens (including phenoxy) is 3. The maximum Gasteiger partial charge on any atom is 0.345 e. The number of cyclic esters (lactones) is 1. The minimum atomic E-state index is -0.946. The third kappa shape index (κ3) is 2.07. The smallest absolute Gasteiger partial charge is 0.345 e. The first-order valence-corrected chi connectivity index (χ1v) is 6.24. The van der Waals surface area contributed by atoms with Crippen molar-refractivity contribution in [3.63, 3.8) is 0 Å². The molecular weight excluding hydrogens is 244 g/mol. The zero-order chi connectivity index (χ0) is 13.8. The van der Waals surface area contributed by atoms with Crippen LogP contribution in [0.4, 0.5) is 0 Å². The Morgan fingerprint density at radius 3 is 2.42 bits per heavy atom. The minimum absolute atomic E-state index is 0.355. The molecule has 0 saturated heterocycles. The summed E-state index contributed by atoms with van der Waals surface area (Å²) in [4.78, 5) is 11.9. The lowest BCUT2D eigenvalue weighted by molar-refractivity contribution is -0.127. The first-order valence-electron chi connectivity index (χ1n) is 6.24. The summed E-state index contributed by atoms with van der Waals surface area (Å²) in [7, 11) is 0. The second-order valence-electron chi connectivity index (χ2n) is 5.82. The number of carbonyl (C=O) groups is 1. The van der Waals surface area contributed by atoms with E-state index < -0.39 is 5.79 Å². The fraction of sp³-hybridized carbons (Fsp3) is 0.400. The van der Waals surface area contributed by atoms with E-state index in [-0.39, 0.29) is 11.6 Å². The summed E-state index contributed by atoms with van der Waals surface area (Å²) < 4.78 is 16.8. The summed E-state index contributed by atoms with van der Waals surface area (Å²) in [6.07, 6.45) is 3.91. The lowest BCUT2D eigenvalue weighted by Gasteiger charge is -2.34. The average Bonchev–Trinajstić information content (AvgIpc) is 2.24. The fourth-order valence-corrected chi connectivity index (χ4v) is 2.21. The number of fused-ring (bicyclic) bond motifs is 2. The Morgan fingerprint density at radius 1 is 0.947 bits per heavy atom. The highest BCUT2D eigenvalue weighted by molar-refractivity contribution is 5.95. The van der Waals surface area contributed by atoms with E-state index >= 15 is 0 Å². The second-order valence-corrected chi connectivity index (χ2v) is 5.82. The van der Waals surface area contributed by atoms with E-state index in [9.17, 15) is 4.79 Å². The Labute approximate surface area is 112 Å². The van der Waals surface area contributed by atoms with E-state index in [0.29, 0.717) is 11.3 Å². The Kier molecular flexibility index (Phi) is 2.24. The van der Waals surface area contributed by atoms with E-state index in [1.54, 1.807) is 26.0 Å². The molecule has 4 nitrogen and oxygen atoms in total. The van der Waals surface area contributed by atoms with Gasteiger partial charge in [0.05, 0.1) is 0 Å². The fourth-order valence-electron chi connectivity index (χ4n) is 2.21. The summed E-state index contributed by atoms with van der Waals surface area (Å²) >= 11 is 0. The first-order chi connectivity index (χ1) is 8.76. The molecule has 4 heteroatoms. The third-order valence-corrected chi connectivity index (χ3v) is 3.06. The predicted molar refractivity (Wildman–Crippen MR) is 70.3 cm³/mol. The van der Waals surface area contributed by atoms with Gasteiger partial charge in [-0.05, 0) is 26.0 Å². The van der Waals surface area contributed by atoms with Crippen LogP contribution in [-0.4, -0.2) is 17.4 Å². The molecule has 0 unspecified atom stereocenters. The molecule has 0 aromatic heterocycles. The Morgan fingerprint density at radius 2 is 1.68 bits per heavy atom. The zero-order valence-corrected chi connectivity index (χ0v) is 11.4. The molecule has 19 heavy (non-hydrogen) atoms. The van der Waals surface area contributed by atoms with E-state index in [0.717, 1.165) is 11.3 Å². The highest BCUT2D eigenvalue weighted by Gasteiger charge is 2.35. The highest BCUT2D eigenvalue weighted by Crippen LogP contribution is 2.39. The highest BCUT2D eigenvalue weighted by atomic mass is 16.7. The van der Waals surface area contributed by atoms with Gasteiger partial charge in [-0.15, -0.1) is 0 Å². The van der Waals surface area contributed by atoms with Gasteiger partial charge in [0.2, 0.25) is 5.79 Å². The molecule has 2 aliphatic heterocycles. The van der Waals surface area contributed by atoms with E-state index in [4.69, 9.17) is 14.2 Å². The van der Waals surface area contributed by atoms with E-state index in [2.05, 4.69) is 0 Å². The van der Waals surface area contributed by atoms with Gasteiger partial charge >= 0.3 is 5.97 Å². The number of carbonyl (C=O) groups excluding carboxylic acids is 1. The van der Waals surface area contributed by atoms with Crippen molar-refractivity contribution in [2.24, 2.45) is 0 Å². The van der Waals surface area contributed by atoms with Crippen LogP contribution in [0.1, 0.15) is 43.6 Å². The van der Waals surface area contributed by atoms with Gasteiger partial charge in [0.15, 0.2) is 0 Å². The minimum Gasteiger partial charge on any atom is -0.483 e. The van der Waals surface area contributed by atoms with Crippen LogP contribution in [0.5, 0.6) is 11.5 Å². The van der Waals surface area contributed by atoms with E-state index in [1.165, 1.54) is 0 Å². The van der Waals surface area contributed by atoms with Gasteiger partial charge in [0, 0.05) is 25.5 Å². The van der Waals surface area contributed by atoms with Gasteiger partial charge in [0.1, 0.15) is 22.7 Å². The Hall–Kier alpha value is -1.97. The van der Waals surface area contributed by atoms with Crippen LogP contribution in [0.3, 0.4) is 0 Å². The molecule has 100 valence electrons. The maximum absolute atomic E-state index is 11.9. The normalized spacial score (nSPS) is 21.6. The summed E-state index contributed by atoms with van der Waals surface area (Å²) in [5, 5.41) is 0. The monoisotopic (exact) mass is 260 g/mol. The van der Waals surface area contributed by atoms with Crippen molar-refractivity contribution < 1.29 is 19.0 Å². The quantitative estimate of drug-likeness (QED) is 0.672. The van der Waals surface area contributed by atoms with Gasteiger partial charge in [0.25, 0.3) is 0 Å². The summed E-state index contributed by atoms with van der Waals surface area (Å²) in [5.41, 5.74) is 0.940. The molecule has 0 amide bonds. The zero-order valence-electron chi connectivity index (χ0n) is 11.4. The molecule has 3 rings (SSSR count). The van der Waals surface area contributed by atoms with E-state index in [1.807, 2.05) is 26.0 Å². The Bertz CT molecular complexity index is 596. The molecule has 0 saturated carbocycles. The van der Waals surface area contributed by atoms with Gasteiger partial charge in [-0.25, -0.2) is 4.79 Å². The summed E-state index contributed by atoms with van der Waals surface area (Å²) in [6, 6.07) is 3.51. The molecule has 2 aliphatic rings. The second kappa shape index (κ2) is 3.53. The van der Waals surface area contributed by atoms with Crippen LogP contribution in [0.2, 0.25) is 0 Å². The molecule has 0 atom stereocenters. The Balaban J connectivity index is 2.11. The van der Waals surface area contributed by atoms with Crippen molar-refractivity contribution in [1.82, 2.24) is 0 Å². The van der Waals surface area contributed by atoms with Crippen LogP contribution in [0.25, 0.3) is 6.08 Å². The van der Waals surface area contributed by atoms with Crippen LogP contribution < -0.4 is 9.47 Å². The van der Waals surface area contributed by atoms with Crippen LogP contribution in [0, 0.1) is 0 Å². The van der Waals surface area contributed by atoms with Crippen LogP contribution in [-0.2, 0) is 4.74 Å². The van der Waals surface area contributed by atoms with Gasteiger partial charge < -0.3 is 14.2 Å². The third-order valence-electron chi connectivity index (χ3n) is 3.06. The number of esters is 1. The van der Waals surface area contributed by atoms with Crippen molar-refractivity contribution in [2.75, 3.05) is 0 Å². The summed E-state index contributed by atoms with van der Waals surface area (Å²) in [6.45, 7) is 7.37. The molecule has 0 N–H and O–H groups in total. The lowest BCUT2D eigenvalue weighted by Crippen LogP contribution is -2.39. The number of hydrogen-bond donors (Lipinski definition) is 0. The molecule has 0 aliphatic carbocycles. The molecule has 0 fully saturated rings.